The van der Waals surface area contributed by atoms with Gasteiger partial charge in [-0.2, -0.15) is 0 Å². The SMILES string of the molecule is C=C(c1ccccc1)N1CCCC[C@H]1c1ccc(Br)cc1. The van der Waals surface area contributed by atoms with E-state index in [2.05, 4.69) is 82.0 Å². The maximum atomic E-state index is 4.36. The van der Waals surface area contributed by atoms with Gasteiger partial charge in [0.1, 0.15) is 0 Å². The highest BCUT2D eigenvalue weighted by atomic mass is 79.9. The predicted molar refractivity (Wildman–Crippen MR) is 92.9 cm³/mol. The number of likely N-dealkylation sites (tertiary alicyclic amines) is 1. The number of hydrogen-bond acceptors (Lipinski definition) is 1. The summed E-state index contributed by atoms with van der Waals surface area (Å²) in [5.41, 5.74) is 3.75. The summed E-state index contributed by atoms with van der Waals surface area (Å²) < 4.78 is 1.13. The molecule has 0 N–H and O–H groups in total. The minimum Gasteiger partial charge on any atom is -0.364 e. The third-order valence-corrected chi connectivity index (χ3v) is 4.74. The van der Waals surface area contributed by atoms with Crippen molar-refractivity contribution in [3.05, 3.63) is 76.8 Å². The maximum Gasteiger partial charge on any atom is 0.0542 e. The van der Waals surface area contributed by atoms with Crippen LogP contribution in [0.3, 0.4) is 0 Å². The minimum atomic E-state index is 0.444. The Balaban J connectivity index is 1.88. The summed E-state index contributed by atoms with van der Waals surface area (Å²) in [6.07, 6.45) is 3.74. The topological polar surface area (TPSA) is 3.24 Å². The summed E-state index contributed by atoms with van der Waals surface area (Å²) in [4.78, 5) is 2.47. The highest BCUT2D eigenvalue weighted by Gasteiger charge is 2.25. The van der Waals surface area contributed by atoms with E-state index < -0.39 is 0 Å². The van der Waals surface area contributed by atoms with Gasteiger partial charge in [-0.05, 0) is 42.5 Å². The zero-order valence-corrected chi connectivity index (χ0v) is 13.7. The van der Waals surface area contributed by atoms with Crippen molar-refractivity contribution in [3.63, 3.8) is 0 Å². The number of hydrogen-bond donors (Lipinski definition) is 0. The second-order valence-corrected chi connectivity index (χ2v) is 6.48. The van der Waals surface area contributed by atoms with E-state index in [9.17, 15) is 0 Å². The highest BCUT2D eigenvalue weighted by molar-refractivity contribution is 9.10. The van der Waals surface area contributed by atoms with Gasteiger partial charge in [0, 0.05) is 16.7 Å². The molecule has 2 aromatic rings. The molecule has 0 saturated carbocycles. The van der Waals surface area contributed by atoms with Gasteiger partial charge in [0.15, 0.2) is 0 Å². The van der Waals surface area contributed by atoms with Crippen molar-refractivity contribution in [2.24, 2.45) is 0 Å². The van der Waals surface area contributed by atoms with E-state index in [1.165, 1.54) is 30.4 Å². The summed E-state index contributed by atoms with van der Waals surface area (Å²) in [7, 11) is 0. The lowest BCUT2D eigenvalue weighted by Crippen LogP contribution is -2.31. The van der Waals surface area contributed by atoms with E-state index in [0.29, 0.717) is 6.04 Å². The molecule has 1 atom stereocenters. The average Bonchev–Trinajstić information content (AvgIpc) is 2.56. The van der Waals surface area contributed by atoms with Gasteiger partial charge < -0.3 is 4.90 Å². The van der Waals surface area contributed by atoms with Crippen LogP contribution in [0, 0.1) is 0 Å². The molecule has 1 fully saturated rings. The van der Waals surface area contributed by atoms with Crippen LogP contribution in [0.5, 0.6) is 0 Å². The molecule has 0 aromatic heterocycles. The van der Waals surface area contributed by atoms with Gasteiger partial charge in [-0.25, -0.2) is 0 Å². The molecule has 0 aliphatic carbocycles. The Kier molecular flexibility index (Phi) is 4.45. The summed E-state index contributed by atoms with van der Waals surface area (Å²) in [5, 5.41) is 0. The first-order valence-electron chi connectivity index (χ1n) is 7.52. The maximum absolute atomic E-state index is 4.36. The lowest BCUT2D eigenvalue weighted by Gasteiger charge is -2.39. The molecule has 1 aliphatic heterocycles. The Hall–Kier alpha value is -1.54. The van der Waals surface area contributed by atoms with E-state index in [0.717, 1.165) is 16.7 Å². The van der Waals surface area contributed by atoms with Gasteiger partial charge >= 0.3 is 0 Å². The van der Waals surface area contributed by atoms with Crippen molar-refractivity contribution < 1.29 is 0 Å². The molecule has 1 nitrogen and oxygen atoms in total. The van der Waals surface area contributed by atoms with Crippen LogP contribution in [0.2, 0.25) is 0 Å². The van der Waals surface area contributed by atoms with Gasteiger partial charge in [0.05, 0.1) is 6.04 Å². The Labute approximate surface area is 135 Å². The molecule has 108 valence electrons. The van der Waals surface area contributed by atoms with Crippen LogP contribution in [0.25, 0.3) is 5.70 Å². The number of nitrogens with zero attached hydrogens (tertiary/aromatic N) is 1. The van der Waals surface area contributed by atoms with Crippen molar-refractivity contribution in [1.82, 2.24) is 4.90 Å². The second-order valence-electron chi connectivity index (χ2n) is 5.57. The predicted octanol–water partition coefficient (Wildman–Crippen LogP) is 5.65. The third-order valence-electron chi connectivity index (χ3n) is 4.21. The smallest absolute Gasteiger partial charge is 0.0542 e. The monoisotopic (exact) mass is 341 g/mol. The second kappa shape index (κ2) is 6.48. The van der Waals surface area contributed by atoms with Gasteiger partial charge in [0.25, 0.3) is 0 Å². The molecule has 0 radical (unpaired) electrons. The number of piperidine rings is 1. The van der Waals surface area contributed by atoms with Crippen LogP contribution in [-0.4, -0.2) is 11.4 Å². The zero-order valence-electron chi connectivity index (χ0n) is 12.1. The van der Waals surface area contributed by atoms with Crippen molar-refractivity contribution >= 4 is 21.6 Å². The zero-order chi connectivity index (χ0) is 14.7. The fourth-order valence-electron chi connectivity index (χ4n) is 3.08. The summed E-state index contributed by atoms with van der Waals surface area (Å²) in [6.45, 7) is 5.45. The van der Waals surface area contributed by atoms with E-state index in [4.69, 9.17) is 0 Å². The van der Waals surface area contributed by atoms with E-state index in [1.54, 1.807) is 0 Å². The van der Waals surface area contributed by atoms with Crippen LogP contribution in [0.15, 0.2) is 65.6 Å². The van der Waals surface area contributed by atoms with Crippen LogP contribution in [0.1, 0.15) is 36.4 Å². The minimum absolute atomic E-state index is 0.444. The molecule has 1 aliphatic rings. The lowest BCUT2D eigenvalue weighted by molar-refractivity contribution is 0.231. The summed E-state index contributed by atoms with van der Waals surface area (Å²) in [5.74, 6) is 0. The molecule has 0 bridgehead atoms. The highest BCUT2D eigenvalue weighted by Crippen LogP contribution is 2.36. The van der Waals surface area contributed by atoms with E-state index in [-0.39, 0.29) is 0 Å². The Morgan fingerprint density at radius 3 is 2.43 bits per heavy atom. The van der Waals surface area contributed by atoms with Gasteiger partial charge in [-0.15, -0.1) is 0 Å². The first-order valence-corrected chi connectivity index (χ1v) is 8.31. The summed E-state index contributed by atoms with van der Waals surface area (Å²) in [6, 6.07) is 19.7. The summed E-state index contributed by atoms with van der Waals surface area (Å²) >= 11 is 3.52. The fraction of sp³-hybridized carbons (Fsp3) is 0.263. The molecule has 0 amide bonds. The third kappa shape index (κ3) is 3.21. The van der Waals surface area contributed by atoms with Crippen molar-refractivity contribution in [2.45, 2.75) is 25.3 Å². The van der Waals surface area contributed by atoms with Gasteiger partial charge in [-0.1, -0.05) is 65.0 Å². The van der Waals surface area contributed by atoms with Gasteiger partial charge in [-0.3, -0.25) is 0 Å². The molecular weight excluding hydrogens is 322 g/mol. The van der Waals surface area contributed by atoms with E-state index in [1.807, 2.05) is 0 Å². The molecule has 0 unspecified atom stereocenters. The Bertz CT molecular complexity index is 603. The molecule has 0 spiro atoms. The number of halogens is 1. The molecule has 1 heterocycles. The Morgan fingerprint density at radius 1 is 1.00 bits per heavy atom. The molecule has 3 rings (SSSR count). The van der Waals surface area contributed by atoms with Crippen LogP contribution in [-0.2, 0) is 0 Å². The van der Waals surface area contributed by atoms with Crippen molar-refractivity contribution in [2.75, 3.05) is 6.54 Å². The number of benzene rings is 2. The quantitative estimate of drug-likeness (QED) is 0.697. The van der Waals surface area contributed by atoms with Crippen LogP contribution >= 0.6 is 15.9 Å². The first kappa shape index (κ1) is 14.4. The van der Waals surface area contributed by atoms with Crippen molar-refractivity contribution in [3.8, 4) is 0 Å². The molecular formula is C19H20BrN. The standard InChI is InChI=1S/C19H20BrN/c1-15(16-7-3-2-4-8-16)21-14-6-5-9-19(21)17-10-12-18(20)13-11-17/h2-4,7-8,10-13,19H,1,5-6,9,14H2/t19-/m0/s1. The Morgan fingerprint density at radius 2 is 1.71 bits per heavy atom. The average molecular weight is 342 g/mol. The molecule has 1 saturated heterocycles. The fourth-order valence-corrected chi connectivity index (χ4v) is 3.35. The van der Waals surface area contributed by atoms with E-state index >= 15 is 0 Å². The first-order chi connectivity index (χ1) is 10.3. The lowest BCUT2D eigenvalue weighted by atomic mass is 9.94. The van der Waals surface area contributed by atoms with Crippen molar-refractivity contribution in [1.29, 1.82) is 0 Å². The molecule has 2 aromatic carbocycles. The van der Waals surface area contributed by atoms with Crippen LogP contribution in [0.4, 0.5) is 0 Å². The normalized spacial score (nSPS) is 18.5. The molecule has 21 heavy (non-hydrogen) atoms. The number of rotatable bonds is 3. The van der Waals surface area contributed by atoms with Gasteiger partial charge in [0.2, 0.25) is 0 Å². The largest absolute Gasteiger partial charge is 0.364 e. The molecule has 2 heteroatoms. The van der Waals surface area contributed by atoms with Crippen LogP contribution < -0.4 is 0 Å².